The van der Waals surface area contributed by atoms with Crippen molar-refractivity contribution in [2.24, 2.45) is 0 Å². The van der Waals surface area contributed by atoms with E-state index in [1.54, 1.807) is 79.1 Å². The Hall–Kier alpha value is -4.68. The number of anilines is 2. The van der Waals surface area contributed by atoms with Gasteiger partial charge in [0.05, 0.1) is 17.7 Å². The monoisotopic (exact) mass is 613 g/mol. The maximum Gasteiger partial charge on any atom is 0.419 e. The summed E-state index contributed by atoms with van der Waals surface area (Å²) in [4.78, 5) is 47.7. The molecule has 1 aliphatic rings. The van der Waals surface area contributed by atoms with Crippen LogP contribution in [0.25, 0.3) is 0 Å². The Morgan fingerprint density at radius 3 is 2.11 bits per heavy atom. The summed E-state index contributed by atoms with van der Waals surface area (Å²) in [7, 11) is 0. The first-order valence-corrected chi connectivity index (χ1v) is 14.1. The van der Waals surface area contributed by atoms with E-state index in [1.165, 1.54) is 0 Å². The van der Waals surface area contributed by atoms with Gasteiger partial charge in [-0.25, -0.2) is 14.8 Å². The number of alkyl halides is 3. The highest BCUT2D eigenvalue weighted by Gasteiger charge is 2.35. The Morgan fingerprint density at radius 2 is 1.52 bits per heavy atom. The van der Waals surface area contributed by atoms with E-state index in [0.717, 1.165) is 6.20 Å². The molecule has 234 valence electrons. The Bertz CT molecular complexity index is 1500. The van der Waals surface area contributed by atoms with E-state index < -0.39 is 29.4 Å². The maximum absolute atomic E-state index is 13.7. The molecule has 0 bridgehead atoms. The van der Waals surface area contributed by atoms with Gasteiger partial charge >= 0.3 is 18.2 Å². The van der Waals surface area contributed by atoms with Crippen molar-refractivity contribution in [3.05, 3.63) is 82.7 Å². The zero-order valence-electron chi connectivity index (χ0n) is 24.6. The number of benzene rings is 2. The molecule has 3 aromatic rings. The second-order valence-corrected chi connectivity index (χ2v) is 11.4. The number of carboxylic acid groups (broad SMARTS) is 1. The SMILES string of the molecule is CC(C)(C)OC(=O)N1CCN(C(=O)c2ccc(Nc3ncc(C(F)(F)F)c(CCc4ccccc4CC(=O)O)n3)cc2)CC1. The molecule has 0 saturated carbocycles. The summed E-state index contributed by atoms with van der Waals surface area (Å²) in [5, 5.41) is 12.1. The molecule has 10 nitrogen and oxygen atoms in total. The molecule has 0 aliphatic carbocycles. The Labute approximate surface area is 252 Å². The second-order valence-electron chi connectivity index (χ2n) is 11.4. The summed E-state index contributed by atoms with van der Waals surface area (Å²) >= 11 is 0. The molecule has 1 aromatic heterocycles. The first kappa shape index (κ1) is 32.2. The average Bonchev–Trinajstić information content (AvgIpc) is 2.95. The second kappa shape index (κ2) is 13.3. The molecule has 0 radical (unpaired) electrons. The van der Waals surface area contributed by atoms with Gasteiger partial charge in [-0.15, -0.1) is 0 Å². The van der Waals surface area contributed by atoms with Crippen LogP contribution in [0.15, 0.2) is 54.7 Å². The number of nitrogens with one attached hydrogen (secondary N) is 1. The van der Waals surface area contributed by atoms with Crippen LogP contribution < -0.4 is 5.32 Å². The fraction of sp³-hybridized carbons (Fsp3) is 0.387. The predicted octanol–water partition coefficient (Wildman–Crippen LogP) is 5.34. The number of aliphatic carboxylic acids is 1. The predicted molar refractivity (Wildman–Crippen MR) is 156 cm³/mol. The summed E-state index contributed by atoms with van der Waals surface area (Å²) < 4.78 is 46.6. The molecule has 1 aliphatic heterocycles. The lowest BCUT2D eigenvalue weighted by molar-refractivity contribution is -0.139. The zero-order chi connectivity index (χ0) is 32.1. The molecule has 2 aromatic carbocycles. The van der Waals surface area contributed by atoms with Crippen LogP contribution in [0.3, 0.4) is 0 Å². The van der Waals surface area contributed by atoms with E-state index in [2.05, 4.69) is 15.3 Å². The van der Waals surface area contributed by atoms with Crippen molar-refractivity contribution in [1.29, 1.82) is 0 Å². The normalized spacial score (nSPS) is 13.9. The number of carbonyl (C=O) groups excluding carboxylic acids is 2. The van der Waals surface area contributed by atoms with Gasteiger partial charge in [-0.1, -0.05) is 24.3 Å². The minimum Gasteiger partial charge on any atom is -0.481 e. The van der Waals surface area contributed by atoms with Crippen molar-refractivity contribution in [3.8, 4) is 0 Å². The zero-order valence-corrected chi connectivity index (χ0v) is 24.6. The molecule has 0 unspecified atom stereocenters. The third kappa shape index (κ3) is 8.68. The Morgan fingerprint density at radius 1 is 0.909 bits per heavy atom. The van der Waals surface area contributed by atoms with Crippen molar-refractivity contribution in [2.75, 3.05) is 31.5 Å². The lowest BCUT2D eigenvalue weighted by Gasteiger charge is -2.35. The van der Waals surface area contributed by atoms with E-state index >= 15 is 0 Å². The summed E-state index contributed by atoms with van der Waals surface area (Å²) in [6.07, 6.45) is -4.53. The number of rotatable bonds is 8. The number of hydrogen-bond donors (Lipinski definition) is 2. The largest absolute Gasteiger partial charge is 0.481 e. The highest BCUT2D eigenvalue weighted by atomic mass is 19.4. The number of carboxylic acids is 1. The van der Waals surface area contributed by atoms with Gasteiger partial charge in [0.1, 0.15) is 5.60 Å². The molecule has 1 saturated heterocycles. The van der Waals surface area contributed by atoms with Crippen LogP contribution in [0.1, 0.15) is 53.5 Å². The molecule has 4 rings (SSSR count). The van der Waals surface area contributed by atoms with Gasteiger partial charge in [-0.2, -0.15) is 13.2 Å². The quantitative estimate of drug-likeness (QED) is 0.349. The smallest absolute Gasteiger partial charge is 0.419 e. The number of aryl methyl sites for hydroxylation is 2. The Kier molecular flexibility index (Phi) is 9.75. The van der Waals surface area contributed by atoms with Crippen LogP contribution in [0, 0.1) is 0 Å². The molecule has 0 atom stereocenters. The number of carbonyl (C=O) groups is 3. The lowest BCUT2D eigenvalue weighted by Crippen LogP contribution is -2.51. The minimum atomic E-state index is -4.67. The highest BCUT2D eigenvalue weighted by Crippen LogP contribution is 2.32. The van der Waals surface area contributed by atoms with E-state index in [9.17, 15) is 27.6 Å². The number of aromatic nitrogens is 2. The molecular formula is C31H34F3N5O5. The van der Waals surface area contributed by atoms with Crippen molar-refractivity contribution in [2.45, 2.75) is 51.8 Å². The number of ether oxygens (including phenoxy) is 1. The van der Waals surface area contributed by atoms with Crippen molar-refractivity contribution >= 4 is 29.6 Å². The number of piperazine rings is 1. The van der Waals surface area contributed by atoms with Crippen LogP contribution in [-0.4, -0.2) is 74.6 Å². The van der Waals surface area contributed by atoms with Gasteiger partial charge < -0.3 is 25.0 Å². The first-order valence-electron chi connectivity index (χ1n) is 14.1. The van der Waals surface area contributed by atoms with E-state index in [4.69, 9.17) is 9.84 Å². The van der Waals surface area contributed by atoms with Gasteiger partial charge in [0, 0.05) is 43.6 Å². The lowest BCUT2D eigenvalue weighted by atomic mass is 9.98. The first-order chi connectivity index (χ1) is 20.7. The van der Waals surface area contributed by atoms with Crippen molar-refractivity contribution < 1.29 is 37.4 Å². The summed E-state index contributed by atoms with van der Waals surface area (Å²) in [5.41, 5.74) is 0.235. The van der Waals surface area contributed by atoms with Crippen molar-refractivity contribution in [1.82, 2.24) is 19.8 Å². The van der Waals surface area contributed by atoms with Crippen LogP contribution in [0.5, 0.6) is 0 Å². The third-order valence-electron chi connectivity index (χ3n) is 6.87. The summed E-state index contributed by atoms with van der Waals surface area (Å²) in [6.45, 7) is 6.76. The summed E-state index contributed by atoms with van der Waals surface area (Å²) in [5.74, 6) is -1.30. The standard InChI is InChI=1S/C31H34F3N5O5/c1-30(2,3)44-29(43)39-16-14-38(15-17-39)27(42)21-8-11-23(12-9-21)36-28-35-19-24(31(32,33)34)25(37-28)13-10-20-6-4-5-7-22(20)18-26(40)41/h4-9,11-12,19H,10,13-18H2,1-3H3,(H,40,41)(H,35,36,37). The molecule has 1 fully saturated rings. The van der Waals surface area contributed by atoms with E-state index in [1.807, 2.05) is 0 Å². The number of halogens is 3. The molecule has 13 heteroatoms. The molecular weight excluding hydrogens is 579 g/mol. The molecule has 2 heterocycles. The highest BCUT2D eigenvalue weighted by molar-refractivity contribution is 5.94. The molecule has 0 spiro atoms. The van der Waals surface area contributed by atoms with Crippen molar-refractivity contribution in [3.63, 3.8) is 0 Å². The number of hydrogen-bond acceptors (Lipinski definition) is 7. The van der Waals surface area contributed by atoms with Gasteiger partial charge in [0.15, 0.2) is 0 Å². The van der Waals surface area contributed by atoms with E-state index in [-0.39, 0.29) is 36.8 Å². The summed E-state index contributed by atoms with van der Waals surface area (Å²) in [6, 6.07) is 13.1. The maximum atomic E-state index is 13.7. The fourth-order valence-corrected chi connectivity index (χ4v) is 4.72. The van der Waals surface area contributed by atoms with Gasteiger partial charge in [-0.05, 0) is 69.0 Å². The molecule has 2 N–H and O–H groups in total. The fourth-order valence-electron chi connectivity index (χ4n) is 4.72. The third-order valence-corrected chi connectivity index (χ3v) is 6.87. The Balaban J connectivity index is 1.41. The molecule has 44 heavy (non-hydrogen) atoms. The van der Waals surface area contributed by atoms with Gasteiger partial charge in [0.25, 0.3) is 5.91 Å². The molecule has 2 amide bonds. The number of amides is 2. The minimum absolute atomic E-state index is 0.0517. The van der Waals surface area contributed by atoms with Crippen LogP contribution >= 0.6 is 0 Å². The number of nitrogens with zero attached hydrogens (tertiary/aromatic N) is 4. The van der Waals surface area contributed by atoms with Gasteiger partial charge in [0.2, 0.25) is 5.95 Å². The van der Waals surface area contributed by atoms with Crippen LogP contribution in [-0.2, 0) is 35.0 Å². The van der Waals surface area contributed by atoms with Crippen LogP contribution in [0.4, 0.5) is 29.6 Å². The average molecular weight is 614 g/mol. The van der Waals surface area contributed by atoms with E-state index in [0.29, 0.717) is 48.6 Å². The topological polar surface area (TPSA) is 125 Å². The van der Waals surface area contributed by atoms with Gasteiger partial charge in [-0.3, -0.25) is 9.59 Å². The van der Waals surface area contributed by atoms with Crippen LogP contribution in [0.2, 0.25) is 0 Å².